The van der Waals surface area contributed by atoms with Crippen molar-refractivity contribution < 1.29 is 13.9 Å². The van der Waals surface area contributed by atoms with E-state index in [2.05, 4.69) is 15.3 Å². The molecule has 1 saturated heterocycles. The summed E-state index contributed by atoms with van der Waals surface area (Å²) in [6.45, 7) is 2.33. The Morgan fingerprint density at radius 1 is 1.44 bits per heavy atom. The maximum absolute atomic E-state index is 13.8. The van der Waals surface area contributed by atoms with Crippen LogP contribution in [0.2, 0.25) is 0 Å². The summed E-state index contributed by atoms with van der Waals surface area (Å²) in [7, 11) is 3.24. The number of likely N-dealkylation sites (tertiary alicyclic amines) is 1. The first-order valence-electron chi connectivity index (χ1n) is 8.40. The molecule has 0 aliphatic carbocycles. The van der Waals surface area contributed by atoms with Crippen LogP contribution >= 0.6 is 0 Å². The first-order valence-corrected chi connectivity index (χ1v) is 8.40. The number of piperidine rings is 1. The standard InChI is InChI=1S/C18H23FN4O2/c1-22-9-7-16(21-22)18(24)20-14-4-3-8-23(12-14)11-13-5-6-17(25-2)15(19)10-13/h5-7,9-10,14H,3-4,8,11-12H2,1-2H3,(H,20,24). The molecule has 0 radical (unpaired) electrons. The topological polar surface area (TPSA) is 59.4 Å². The highest BCUT2D eigenvalue weighted by Crippen LogP contribution is 2.20. The minimum Gasteiger partial charge on any atom is -0.494 e. The van der Waals surface area contributed by atoms with Crippen molar-refractivity contribution in [1.29, 1.82) is 0 Å². The third-order valence-corrected chi connectivity index (χ3v) is 4.41. The third-order valence-electron chi connectivity index (χ3n) is 4.41. The number of benzene rings is 1. The van der Waals surface area contributed by atoms with Gasteiger partial charge in [0.1, 0.15) is 5.69 Å². The minimum absolute atomic E-state index is 0.0753. The molecule has 1 unspecified atom stereocenters. The van der Waals surface area contributed by atoms with E-state index in [1.165, 1.54) is 13.2 Å². The molecule has 2 aromatic rings. The van der Waals surface area contributed by atoms with Crippen molar-refractivity contribution in [2.24, 2.45) is 7.05 Å². The van der Waals surface area contributed by atoms with E-state index in [1.54, 1.807) is 30.1 Å². The second-order valence-corrected chi connectivity index (χ2v) is 6.39. The molecule has 1 N–H and O–H groups in total. The Balaban J connectivity index is 1.57. The Hall–Kier alpha value is -2.41. The van der Waals surface area contributed by atoms with E-state index in [9.17, 15) is 9.18 Å². The maximum Gasteiger partial charge on any atom is 0.272 e. The molecule has 25 heavy (non-hydrogen) atoms. The summed E-state index contributed by atoms with van der Waals surface area (Å²) < 4.78 is 20.4. The van der Waals surface area contributed by atoms with E-state index >= 15 is 0 Å². The molecule has 3 rings (SSSR count). The maximum atomic E-state index is 13.8. The van der Waals surface area contributed by atoms with E-state index in [1.807, 2.05) is 6.07 Å². The number of carbonyl (C=O) groups excluding carboxylic acids is 1. The number of methoxy groups -OCH3 is 1. The van der Waals surface area contributed by atoms with Crippen molar-refractivity contribution in [2.45, 2.75) is 25.4 Å². The monoisotopic (exact) mass is 346 g/mol. The van der Waals surface area contributed by atoms with E-state index in [0.717, 1.165) is 31.5 Å². The van der Waals surface area contributed by atoms with Crippen LogP contribution in [0.25, 0.3) is 0 Å². The van der Waals surface area contributed by atoms with Crippen LogP contribution in [0.1, 0.15) is 28.9 Å². The SMILES string of the molecule is COc1ccc(CN2CCCC(NC(=O)c3ccn(C)n3)C2)cc1F. The lowest BCUT2D eigenvalue weighted by Gasteiger charge is -2.33. The molecule has 0 spiro atoms. The summed E-state index contributed by atoms with van der Waals surface area (Å²) in [6.07, 6.45) is 3.68. The van der Waals surface area contributed by atoms with Gasteiger partial charge in [0.2, 0.25) is 0 Å². The van der Waals surface area contributed by atoms with E-state index in [0.29, 0.717) is 12.2 Å². The van der Waals surface area contributed by atoms with Gasteiger partial charge in [0, 0.05) is 32.4 Å². The number of nitrogens with zero attached hydrogens (tertiary/aromatic N) is 3. The zero-order chi connectivity index (χ0) is 17.8. The predicted molar refractivity (Wildman–Crippen MR) is 91.9 cm³/mol. The van der Waals surface area contributed by atoms with Crippen LogP contribution in [0, 0.1) is 5.82 Å². The Labute approximate surface area is 146 Å². The Kier molecular flexibility index (Phi) is 5.33. The molecule has 1 aliphatic rings. The highest BCUT2D eigenvalue weighted by atomic mass is 19.1. The fraction of sp³-hybridized carbons (Fsp3) is 0.444. The summed E-state index contributed by atoms with van der Waals surface area (Å²) in [5.74, 6) is -0.247. The van der Waals surface area contributed by atoms with Gasteiger partial charge in [-0.2, -0.15) is 5.10 Å². The van der Waals surface area contributed by atoms with Crippen molar-refractivity contribution >= 4 is 5.91 Å². The number of aromatic nitrogens is 2. The quantitative estimate of drug-likeness (QED) is 0.899. The van der Waals surface area contributed by atoms with Crippen LogP contribution in [0.4, 0.5) is 4.39 Å². The van der Waals surface area contributed by atoms with E-state index in [-0.39, 0.29) is 23.5 Å². The molecule has 2 heterocycles. The number of halogens is 1. The summed E-state index contributed by atoms with van der Waals surface area (Å²) in [5, 5.41) is 7.17. The first kappa shape index (κ1) is 17.4. The van der Waals surface area contributed by atoms with Crippen LogP contribution < -0.4 is 10.1 Å². The van der Waals surface area contributed by atoms with Gasteiger partial charge < -0.3 is 10.1 Å². The van der Waals surface area contributed by atoms with Gasteiger partial charge in [-0.15, -0.1) is 0 Å². The summed E-state index contributed by atoms with van der Waals surface area (Å²) in [4.78, 5) is 14.5. The molecule has 0 saturated carbocycles. The molecule has 0 bridgehead atoms. The number of aryl methyl sites for hydroxylation is 1. The molecular weight excluding hydrogens is 323 g/mol. The largest absolute Gasteiger partial charge is 0.494 e. The lowest BCUT2D eigenvalue weighted by Crippen LogP contribution is -2.47. The second kappa shape index (κ2) is 7.65. The fourth-order valence-corrected chi connectivity index (χ4v) is 3.18. The summed E-state index contributed by atoms with van der Waals surface area (Å²) >= 11 is 0. The molecular formula is C18H23FN4O2. The molecule has 1 aliphatic heterocycles. The molecule has 1 aromatic carbocycles. The Morgan fingerprint density at radius 2 is 2.28 bits per heavy atom. The number of nitrogens with one attached hydrogen (secondary N) is 1. The molecule has 6 nitrogen and oxygen atoms in total. The average Bonchev–Trinajstić information content (AvgIpc) is 3.02. The van der Waals surface area contributed by atoms with E-state index < -0.39 is 0 Å². The van der Waals surface area contributed by atoms with Crippen LogP contribution in [-0.2, 0) is 13.6 Å². The smallest absolute Gasteiger partial charge is 0.272 e. The van der Waals surface area contributed by atoms with Gasteiger partial charge in [-0.1, -0.05) is 6.07 Å². The van der Waals surface area contributed by atoms with Gasteiger partial charge in [-0.25, -0.2) is 4.39 Å². The van der Waals surface area contributed by atoms with E-state index in [4.69, 9.17) is 4.74 Å². The van der Waals surface area contributed by atoms with Gasteiger partial charge in [-0.3, -0.25) is 14.4 Å². The zero-order valence-corrected chi connectivity index (χ0v) is 14.5. The highest BCUT2D eigenvalue weighted by Gasteiger charge is 2.23. The predicted octanol–water partition coefficient (Wildman–Crippen LogP) is 1.96. The number of rotatable bonds is 5. The summed E-state index contributed by atoms with van der Waals surface area (Å²) in [5.41, 5.74) is 1.33. The highest BCUT2D eigenvalue weighted by molar-refractivity contribution is 5.92. The molecule has 1 fully saturated rings. The molecule has 1 aromatic heterocycles. The van der Waals surface area contributed by atoms with Gasteiger partial charge in [-0.05, 0) is 43.1 Å². The fourth-order valence-electron chi connectivity index (χ4n) is 3.18. The normalized spacial score (nSPS) is 18.1. The lowest BCUT2D eigenvalue weighted by molar-refractivity contribution is 0.0895. The number of hydrogen-bond donors (Lipinski definition) is 1. The van der Waals surface area contributed by atoms with Crippen molar-refractivity contribution in [1.82, 2.24) is 20.0 Å². The lowest BCUT2D eigenvalue weighted by atomic mass is 10.0. The number of carbonyl (C=O) groups is 1. The first-order chi connectivity index (χ1) is 12.0. The second-order valence-electron chi connectivity index (χ2n) is 6.39. The van der Waals surface area contributed by atoms with Gasteiger partial charge in [0.25, 0.3) is 5.91 Å². The van der Waals surface area contributed by atoms with Crippen molar-refractivity contribution in [3.8, 4) is 5.75 Å². The van der Waals surface area contributed by atoms with Crippen LogP contribution in [0.15, 0.2) is 30.5 Å². The van der Waals surface area contributed by atoms with Crippen LogP contribution in [0.3, 0.4) is 0 Å². The van der Waals surface area contributed by atoms with Gasteiger partial charge >= 0.3 is 0 Å². The third kappa shape index (κ3) is 4.36. The zero-order valence-electron chi connectivity index (χ0n) is 14.5. The number of hydrogen-bond acceptors (Lipinski definition) is 4. The Bertz CT molecular complexity index is 746. The Morgan fingerprint density at radius 3 is 2.96 bits per heavy atom. The minimum atomic E-state index is -0.350. The molecule has 7 heteroatoms. The summed E-state index contributed by atoms with van der Waals surface area (Å²) in [6, 6.07) is 6.81. The van der Waals surface area contributed by atoms with Crippen molar-refractivity contribution in [3.05, 3.63) is 47.5 Å². The molecule has 1 amide bonds. The number of ether oxygens (including phenoxy) is 1. The van der Waals surface area contributed by atoms with Crippen molar-refractivity contribution in [2.75, 3.05) is 20.2 Å². The molecule has 1 atom stereocenters. The van der Waals surface area contributed by atoms with Gasteiger partial charge in [0.15, 0.2) is 11.6 Å². The van der Waals surface area contributed by atoms with Crippen molar-refractivity contribution in [3.63, 3.8) is 0 Å². The van der Waals surface area contributed by atoms with Crippen LogP contribution in [-0.4, -0.2) is 46.8 Å². The number of amides is 1. The van der Waals surface area contributed by atoms with Crippen LogP contribution in [0.5, 0.6) is 5.75 Å². The molecule has 134 valence electrons. The van der Waals surface area contributed by atoms with Gasteiger partial charge in [0.05, 0.1) is 7.11 Å². The average molecular weight is 346 g/mol.